The van der Waals surface area contributed by atoms with Crippen LogP contribution in [0.25, 0.3) is 21.9 Å². The van der Waals surface area contributed by atoms with Crippen LogP contribution < -0.4 is 15.0 Å². The van der Waals surface area contributed by atoms with Gasteiger partial charge in [0.15, 0.2) is 4.77 Å². The number of ether oxygens (including phenoxy) is 1. The Morgan fingerprint density at radius 2 is 1.74 bits per heavy atom. The van der Waals surface area contributed by atoms with Crippen LogP contribution in [0, 0.1) is 4.77 Å². The number of piperazine rings is 1. The largest absolute Gasteiger partial charge is 0.497 e. The van der Waals surface area contributed by atoms with E-state index in [0.29, 0.717) is 0 Å². The fourth-order valence-electron chi connectivity index (χ4n) is 4.85. The van der Waals surface area contributed by atoms with Crippen molar-refractivity contribution in [2.75, 3.05) is 56.6 Å². The molecule has 8 nitrogen and oxygen atoms in total. The lowest BCUT2D eigenvalue weighted by atomic mass is 10.2. The second-order valence-corrected chi connectivity index (χ2v) is 9.33. The summed E-state index contributed by atoms with van der Waals surface area (Å²) in [6.45, 7) is 9.28. The van der Waals surface area contributed by atoms with E-state index in [4.69, 9.17) is 17.0 Å². The summed E-state index contributed by atoms with van der Waals surface area (Å²) in [6, 6.07) is 12.6. The first kappa shape index (κ1) is 31.9. The SMILES string of the molecule is CCn1c(=S)[nH]c2cc3c(NCCCCN4CCN(c5ccc(OC)cc5)CC4)ncnc3cc21.Cl.Cl.Cl. The van der Waals surface area contributed by atoms with Crippen LogP contribution in [0.2, 0.25) is 0 Å². The zero-order chi connectivity index (χ0) is 24.2. The number of imidazole rings is 1. The molecule has 0 amide bonds. The van der Waals surface area contributed by atoms with E-state index >= 15 is 0 Å². The Kier molecular flexibility index (Phi) is 12.4. The van der Waals surface area contributed by atoms with Crippen molar-refractivity contribution in [1.29, 1.82) is 0 Å². The standard InChI is InChI=1S/C26H33N7OS.3ClH/c1-3-33-24-17-22-21(16-23(24)30-26(33)35)25(29-18-28-22)27-10-4-5-11-31-12-14-32(15-13-31)19-6-8-20(34-2)9-7-19;;;/h6-9,16-18H,3-5,10-15H2,1-2H3,(H,30,35)(H,27,28,29);3*1H. The van der Waals surface area contributed by atoms with Gasteiger partial charge in [0.25, 0.3) is 0 Å². The van der Waals surface area contributed by atoms with Crippen molar-refractivity contribution in [2.24, 2.45) is 0 Å². The summed E-state index contributed by atoms with van der Waals surface area (Å²) in [5.41, 5.74) is 4.32. The Morgan fingerprint density at radius 3 is 2.42 bits per heavy atom. The Hall–Kier alpha value is -2.30. The van der Waals surface area contributed by atoms with Gasteiger partial charge in [-0.15, -0.1) is 37.2 Å². The number of rotatable bonds is 9. The number of hydrogen-bond acceptors (Lipinski definition) is 7. The maximum atomic E-state index is 5.46. The van der Waals surface area contributed by atoms with Crippen molar-refractivity contribution >= 4 is 82.9 Å². The average molecular weight is 601 g/mol. The first-order chi connectivity index (χ1) is 17.2. The fourth-order valence-corrected chi connectivity index (χ4v) is 5.19. The number of nitrogens with zero attached hydrogens (tertiary/aromatic N) is 5. The third kappa shape index (κ3) is 7.01. The highest BCUT2D eigenvalue weighted by Crippen LogP contribution is 2.26. The molecule has 38 heavy (non-hydrogen) atoms. The van der Waals surface area contributed by atoms with E-state index in [9.17, 15) is 0 Å². The number of aromatic nitrogens is 4. The van der Waals surface area contributed by atoms with Crippen LogP contribution in [-0.2, 0) is 6.54 Å². The normalized spacial score (nSPS) is 13.5. The molecule has 208 valence electrons. The lowest BCUT2D eigenvalue weighted by molar-refractivity contribution is 0.254. The van der Waals surface area contributed by atoms with Crippen molar-refractivity contribution in [3.63, 3.8) is 0 Å². The van der Waals surface area contributed by atoms with Gasteiger partial charge in [0, 0.05) is 50.3 Å². The van der Waals surface area contributed by atoms with Gasteiger partial charge in [0.05, 0.1) is 23.7 Å². The molecule has 0 atom stereocenters. The highest BCUT2D eigenvalue weighted by molar-refractivity contribution is 7.71. The maximum Gasteiger partial charge on any atom is 0.178 e. The molecule has 0 aliphatic carbocycles. The number of methoxy groups -OCH3 is 1. The average Bonchev–Trinajstić information content (AvgIpc) is 3.21. The molecule has 0 radical (unpaired) electrons. The topological polar surface area (TPSA) is 74.2 Å². The summed E-state index contributed by atoms with van der Waals surface area (Å²) in [6.07, 6.45) is 3.90. The molecule has 0 unspecified atom stereocenters. The quantitative estimate of drug-likeness (QED) is 0.182. The third-order valence-corrected chi connectivity index (χ3v) is 7.17. The molecule has 5 rings (SSSR count). The smallest absolute Gasteiger partial charge is 0.178 e. The molecule has 0 spiro atoms. The number of unbranched alkanes of at least 4 members (excludes halogenated alkanes) is 1. The van der Waals surface area contributed by atoms with Crippen LogP contribution in [0.3, 0.4) is 0 Å². The number of halogens is 3. The second-order valence-electron chi connectivity index (χ2n) is 8.94. The number of H-pyrrole nitrogens is 1. The molecule has 0 bridgehead atoms. The maximum absolute atomic E-state index is 5.46. The van der Waals surface area contributed by atoms with Gasteiger partial charge < -0.3 is 24.5 Å². The molecule has 2 N–H and O–H groups in total. The highest BCUT2D eigenvalue weighted by atomic mass is 35.5. The van der Waals surface area contributed by atoms with E-state index in [1.165, 1.54) is 5.69 Å². The Bertz CT molecular complexity index is 1350. The van der Waals surface area contributed by atoms with Crippen LogP contribution in [0.1, 0.15) is 19.8 Å². The van der Waals surface area contributed by atoms with Gasteiger partial charge in [-0.1, -0.05) is 0 Å². The lowest BCUT2D eigenvalue weighted by Crippen LogP contribution is -2.46. The summed E-state index contributed by atoms with van der Waals surface area (Å²) in [4.78, 5) is 17.3. The van der Waals surface area contributed by atoms with Crippen LogP contribution in [0.15, 0.2) is 42.7 Å². The zero-order valence-corrected chi connectivity index (χ0v) is 24.9. The first-order valence-electron chi connectivity index (χ1n) is 12.4. The minimum absolute atomic E-state index is 0. The van der Waals surface area contributed by atoms with Crippen LogP contribution >= 0.6 is 49.4 Å². The van der Waals surface area contributed by atoms with E-state index < -0.39 is 0 Å². The van der Waals surface area contributed by atoms with Crippen molar-refractivity contribution in [2.45, 2.75) is 26.3 Å². The van der Waals surface area contributed by atoms with Gasteiger partial charge in [-0.05, 0) is 74.9 Å². The number of aromatic amines is 1. The third-order valence-electron chi connectivity index (χ3n) is 6.85. The molecular weight excluding hydrogens is 565 g/mol. The van der Waals surface area contributed by atoms with E-state index in [1.54, 1.807) is 13.4 Å². The van der Waals surface area contributed by atoms with E-state index in [0.717, 1.165) is 96.9 Å². The molecule has 2 aromatic heterocycles. The van der Waals surface area contributed by atoms with Gasteiger partial charge in [0.1, 0.15) is 17.9 Å². The van der Waals surface area contributed by atoms with Crippen LogP contribution in [0.5, 0.6) is 5.75 Å². The summed E-state index contributed by atoms with van der Waals surface area (Å²) in [7, 11) is 1.71. The molecular formula is C26H36Cl3N7OS. The Morgan fingerprint density at radius 1 is 1.00 bits per heavy atom. The van der Waals surface area contributed by atoms with Crippen LogP contribution in [0.4, 0.5) is 11.5 Å². The molecule has 1 fully saturated rings. The van der Waals surface area contributed by atoms with E-state index in [1.807, 2.05) is 12.1 Å². The van der Waals surface area contributed by atoms with Gasteiger partial charge in [-0.3, -0.25) is 4.90 Å². The summed E-state index contributed by atoms with van der Waals surface area (Å²) < 4.78 is 8.10. The molecule has 12 heteroatoms. The predicted molar refractivity (Wildman–Crippen MR) is 167 cm³/mol. The van der Waals surface area contributed by atoms with Gasteiger partial charge in [-0.25, -0.2) is 9.97 Å². The van der Waals surface area contributed by atoms with Gasteiger partial charge in [-0.2, -0.15) is 0 Å². The predicted octanol–water partition coefficient (Wildman–Crippen LogP) is 5.95. The molecule has 3 heterocycles. The van der Waals surface area contributed by atoms with Crippen molar-refractivity contribution in [3.05, 3.63) is 47.5 Å². The molecule has 1 saturated heterocycles. The van der Waals surface area contributed by atoms with E-state index in [-0.39, 0.29) is 37.2 Å². The Labute approximate surface area is 247 Å². The van der Waals surface area contributed by atoms with Crippen molar-refractivity contribution < 1.29 is 4.74 Å². The molecule has 0 saturated carbocycles. The molecule has 1 aliphatic heterocycles. The van der Waals surface area contributed by atoms with E-state index in [2.05, 4.69) is 65.8 Å². The van der Waals surface area contributed by atoms with Crippen LogP contribution in [-0.4, -0.2) is 70.8 Å². The summed E-state index contributed by atoms with van der Waals surface area (Å²) in [5.74, 6) is 1.79. The minimum Gasteiger partial charge on any atom is -0.497 e. The summed E-state index contributed by atoms with van der Waals surface area (Å²) >= 11 is 5.46. The molecule has 1 aliphatic rings. The van der Waals surface area contributed by atoms with Gasteiger partial charge >= 0.3 is 0 Å². The zero-order valence-electron chi connectivity index (χ0n) is 21.7. The lowest BCUT2D eigenvalue weighted by Gasteiger charge is -2.36. The number of fused-ring (bicyclic) bond motifs is 2. The van der Waals surface area contributed by atoms with Crippen molar-refractivity contribution in [1.82, 2.24) is 24.4 Å². The second kappa shape index (κ2) is 14.7. The number of anilines is 2. The number of benzene rings is 2. The van der Waals surface area contributed by atoms with Gasteiger partial charge in [0.2, 0.25) is 0 Å². The minimum atomic E-state index is 0. The van der Waals surface area contributed by atoms with Crippen molar-refractivity contribution in [3.8, 4) is 5.75 Å². The number of aryl methyl sites for hydroxylation is 1. The monoisotopic (exact) mass is 599 g/mol. The Balaban J connectivity index is 0.00000169. The molecule has 2 aromatic carbocycles. The molecule has 4 aromatic rings. The summed E-state index contributed by atoms with van der Waals surface area (Å²) in [5, 5.41) is 4.55. The first-order valence-corrected chi connectivity index (χ1v) is 12.8. The number of hydrogen-bond donors (Lipinski definition) is 2. The highest BCUT2D eigenvalue weighted by Gasteiger charge is 2.17. The number of nitrogens with one attached hydrogen (secondary N) is 2. The fraction of sp³-hybridized carbons (Fsp3) is 0.423.